The SMILES string of the molecule is O=C(c1ccnnc1)N1CCCCC[C@@H]1C[C@@H](O)c1ccco1. The number of hydrogen-bond acceptors (Lipinski definition) is 5. The monoisotopic (exact) mass is 315 g/mol. The molecule has 3 rings (SSSR count). The number of carbonyl (C=O) groups excluding carboxylic acids is 1. The Kier molecular flexibility index (Phi) is 5.02. The van der Waals surface area contributed by atoms with E-state index in [1.165, 1.54) is 12.4 Å². The molecule has 0 spiro atoms. The molecular formula is C17H21N3O3. The molecule has 2 atom stereocenters. The molecule has 23 heavy (non-hydrogen) atoms. The van der Waals surface area contributed by atoms with Crippen LogP contribution in [-0.4, -0.2) is 38.7 Å². The summed E-state index contributed by atoms with van der Waals surface area (Å²) >= 11 is 0. The number of carbonyl (C=O) groups is 1. The van der Waals surface area contributed by atoms with E-state index in [4.69, 9.17) is 4.42 Å². The molecule has 6 nitrogen and oxygen atoms in total. The molecule has 0 bridgehead atoms. The highest BCUT2D eigenvalue weighted by molar-refractivity contribution is 5.94. The van der Waals surface area contributed by atoms with Crippen molar-refractivity contribution in [2.24, 2.45) is 0 Å². The molecule has 2 aromatic rings. The topological polar surface area (TPSA) is 79.5 Å². The maximum atomic E-state index is 12.8. The highest BCUT2D eigenvalue weighted by Gasteiger charge is 2.29. The molecule has 1 fully saturated rings. The standard InChI is InChI=1S/C17H21N3O3/c21-15(16-6-4-10-23-16)11-14-5-2-1-3-9-20(14)17(22)13-7-8-18-19-12-13/h4,6-8,10,12,14-15,21H,1-3,5,9,11H2/t14-,15-/m1/s1. The Bertz CT molecular complexity index is 615. The summed E-state index contributed by atoms with van der Waals surface area (Å²) in [5.74, 6) is 0.505. The van der Waals surface area contributed by atoms with E-state index in [0.29, 0.717) is 24.3 Å². The molecule has 0 aromatic carbocycles. The Morgan fingerprint density at radius 3 is 3.00 bits per heavy atom. The highest BCUT2D eigenvalue weighted by Crippen LogP contribution is 2.27. The van der Waals surface area contributed by atoms with Crippen molar-refractivity contribution in [1.29, 1.82) is 0 Å². The number of hydrogen-bond donors (Lipinski definition) is 1. The van der Waals surface area contributed by atoms with Crippen LogP contribution < -0.4 is 0 Å². The van der Waals surface area contributed by atoms with Crippen molar-refractivity contribution in [3.05, 3.63) is 48.2 Å². The first-order valence-corrected chi connectivity index (χ1v) is 8.05. The van der Waals surface area contributed by atoms with Gasteiger partial charge in [0.25, 0.3) is 5.91 Å². The van der Waals surface area contributed by atoms with E-state index in [1.54, 1.807) is 24.5 Å². The lowest BCUT2D eigenvalue weighted by atomic mass is 10.0. The first-order valence-electron chi connectivity index (χ1n) is 8.05. The number of rotatable bonds is 4. The molecule has 1 saturated heterocycles. The van der Waals surface area contributed by atoms with Crippen molar-refractivity contribution < 1.29 is 14.3 Å². The van der Waals surface area contributed by atoms with Crippen molar-refractivity contribution in [3.8, 4) is 0 Å². The second-order valence-electron chi connectivity index (χ2n) is 5.90. The van der Waals surface area contributed by atoms with Crippen LogP contribution in [-0.2, 0) is 0 Å². The molecule has 1 N–H and O–H groups in total. The van der Waals surface area contributed by atoms with Gasteiger partial charge in [0.1, 0.15) is 11.9 Å². The van der Waals surface area contributed by atoms with E-state index >= 15 is 0 Å². The van der Waals surface area contributed by atoms with Crippen LogP contribution in [0.2, 0.25) is 0 Å². The Balaban J connectivity index is 1.76. The van der Waals surface area contributed by atoms with E-state index in [9.17, 15) is 9.90 Å². The fraction of sp³-hybridized carbons (Fsp3) is 0.471. The van der Waals surface area contributed by atoms with Gasteiger partial charge in [-0.1, -0.05) is 12.8 Å². The van der Waals surface area contributed by atoms with E-state index in [1.807, 2.05) is 4.90 Å². The summed E-state index contributed by atoms with van der Waals surface area (Å²) in [6, 6.07) is 5.20. The number of aliphatic hydroxyl groups excluding tert-OH is 1. The zero-order valence-electron chi connectivity index (χ0n) is 13.0. The van der Waals surface area contributed by atoms with Gasteiger partial charge in [-0.05, 0) is 31.0 Å². The van der Waals surface area contributed by atoms with Gasteiger partial charge in [0.2, 0.25) is 0 Å². The van der Waals surface area contributed by atoms with Crippen molar-refractivity contribution in [2.75, 3.05) is 6.54 Å². The van der Waals surface area contributed by atoms with Crippen LogP contribution in [0.5, 0.6) is 0 Å². The molecule has 2 aromatic heterocycles. The van der Waals surface area contributed by atoms with Gasteiger partial charge in [0.15, 0.2) is 0 Å². The first-order chi connectivity index (χ1) is 11.3. The van der Waals surface area contributed by atoms with Crippen molar-refractivity contribution >= 4 is 5.91 Å². The minimum absolute atomic E-state index is 0.00161. The Morgan fingerprint density at radius 1 is 1.35 bits per heavy atom. The van der Waals surface area contributed by atoms with Crippen LogP contribution in [0.1, 0.15) is 54.3 Å². The van der Waals surface area contributed by atoms with Crippen LogP contribution in [0, 0.1) is 0 Å². The summed E-state index contributed by atoms with van der Waals surface area (Å²) in [5.41, 5.74) is 0.541. The Morgan fingerprint density at radius 2 is 2.26 bits per heavy atom. The van der Waals surface area contributed by atoms with Crippen LogP contribution in [0.4, 0.5) is 0 Å². The number of likely N-dealkylation sites (tertiary alicyclic amines) is 1. The molecule has 1 amide bonds. The molecular weight excluding hydrogens is 294 g/mol. The lowest BCUT2D eigenvalue weighted by Crippen LogP contribution is -2.41. The molecule has 122 valence electrons. The largest absolute Gasteiger partial charge is 0.467 e. The number of furan rings is 1. The zero-order chi connectivity index (χ0) is 16.1. The maximum absolute atomic E-state index is 12.8. The quantitative estimate of drug-likeness (QED) is 0.938. The molecule has 6 heteroatoms. The van der Waals surface area contributed by atoms with Gasteiger partial charge in [-0.15, -0.1) is 0 Å². The van der Waals surface area contributed by atoms with Crippen molar-refractivity contribution in [2.45, 2.75) is 44.2 Å². The summed E-state index contributed by atoms with van der Waals surface area (Å²) in [7, 11) is 0. The van der Waals surface area contributed by atoms with Gasteiger partial charge < -0.3 is 14.4 Å². The summed E-state index contributed by atoms with van der Waals surface area (Å²) in [5, 5.41) is 17.9. The van der Waals surface area contributed by atoms with Gasteiger partial charge in [-0.2, -0.15) is 10.2 Å². The van der Waals surface area contributed by atoms with Gasteiger partial charge in [0.05, 0.1) is 24.2 Å². The number of aliphatic hydroxyl groups is 1. The van der Waals surface area contributed by atoms with Gasteiger partial charge in [-0.3, -0.25) is 4.79 Å². The summed E-state index contributed by atoms with van der Waals surface area (Å²) in [6.45, 7) is 0.705. The third kappa shape index (κ3) is 3.76. The van der Waals surface area contributed by atoms with Crippen LogP contribution in [0.25, 0.3) is 0 Å². The fourth-order valence-corrected chi connectivity index (χ4v) is 3.13. The van der Waals surface area contributed by atoms with Crippen LogP contribution >= 0.6 is 0 Å². The zero-order valence-corrected chi connectivity index (χ0v) is 13.0. The summed E-state index contributed by atoms with van der Waals surface area (Å²) in [6.07, 6.45) is 8.40. The predicted molar refractivity (Wildman–Crippen MR) is 83.6 cm³/mol. The smallest absolute Gasteiger partial charge is 0.255 e. The highest BCUT2D eigenvalue weighted by atomic mass is 16.4. The molecule has 0 saturated carbocycles. The Labute approximate surface area is 135 Å². The second kappa shape index (κ2) is 7.37. The van der Waals surface area contributed by atoms with Crippen LogP contribution in [0.15, 0.2) is 41.3 Å². The average molecular weight is 315 g/mol. The average Bonchev–Trinajstić information content (AvgIpc) is 3.03. The molecule has 1 aliphatic heterocycles. The number of amides is 1. The molecule has 0 unspecified atom stereocenters. The van der Waals surface area contributed by atoms with Crippen molar-refractivity contribution in [3.63, 3.8) is 0 Å². The van der Waals surface area contributed by atoms with Crippen molar-refractivity contribution in [1.82, 2.24) is 15.1 Å². The van der Waals surface area contributed by atoms with E-state index < -0.39 is 6.10 Å². The fourth-order valence-electron chi connectivity index (χ4n) is 3.13. The van der Waals surface area contributed by atoms with E-state index in [2.05, 4.69) is 10.2 Å². The number of nitrogens with zero attached hydrogens (tertiary/aromatic N) is 3. The van der Waals surface area contributed by atoms with Gasteiger partial charge in [0, 0.05) is 19.0 Å². The third-order valence-electron chi connectivity index (χ3n) is 4.34. The minimum atomic E-state index is -0.695. The molecule has 3 heterocycles. The maximum Gasteiger partial charge on any atom is 0.255 e. The molecule has 1 aliphatic rings. The summed E-state index contributed by atoms with van der Waals surface area (Å²) < 4.78 is 5.28. The van der Waals surface area contributed by atoms with E-state index in [0.717, 1.165) is 25.7 Å². The normalized spacial score (nSPS) is 20.0. The second-order valence-corrected chi connectivity index (χ2v) is 5.90. The minimum Gasteiger partial charge on any atom is -0.467 e. The van der Waals surface area contributed by atoms with Crippen LogP contribution in [0.3, 0.4) is 0 Å². The third-order valence-corrected chi connectivity index (χ3v) is 4.34. The lowest BCUT2D eigenvalue weighted by molar-refractivity contribution is 0.0557. The number of aromatic nitrogens is 2. The van der Waals surface area contributed by atoms with E-state index in [-0.39, 0.29) is 11.9 Å². The molecule has 0 radical (unpaired) electrons. The Hall–Kier alpha value is -2.21. The first kappa shape index (κ1) is 15.7. The summed E-state index contributed by atoms with van der Waals surface area (Å²) in [4.78, 5) is 14.7. The predicted octanol–water partition coefficient (Wildman–Crippen LogP) is 2.58. The lowest BCUT2D eigenvalue weighted by Gasteiger charge is -2.31. The van der Waals surface area contributed by atoms with Gasteiger partial charge in [-0.25, -0.2) is 0 Å². The van der Waals surface area contributed by atoms with Gasteiger partial charge >= 0.3 is 0 Å². The molecule has 0 aliphatic carbocycles.